The topological polar surface area (TPSA) is 0 Å². The molecule has 108 valence electrons. The predicted octanol–water partition coefficient (Wildman–Crippen LogP) is 6.01. The molecule has 1 saturated carbocycles. The molecule has 7 unspecified atom stereocenters. The molecule has 0 saturated heterocycles. The quantitative estimate of drug-likeness (QED) is 0.520. The van der Waals surface area contributed by atoms with Crippen molar-refractivity contribution < 1.29 is 0 Å². The van der Waals surface area contributed by atoms with E-state index in [-0.39, 0.29) is 0 Å². The zero-order valence-electron chi connectivity index (χ0n) is 13.9. The molecular weight excluding hydrogens is 216 g/mol. The van der Waals surface area contributed by atoms with E-state index in [2.05, 4.69) is 48.5 Å². The molecule has 0 aromatic rings. The van der Waals surface area contributed by atoms with Crippen molar-refractivity contribution in [2.45, 2.75) is 74.1 Å². The van der Waals surface area contributed by atoms with Crippen LogP contribution in [-0.4, -0.2) is 0 Å². The van der Waals surface area contributed by atoms with Gasteiger partial charge in [-0.15, -0.1) is 0 Å². The minimum Gasteiger partial charge on any atom is -0.0651 e. The Labute approximate surface area is 116 Å². The molecule has 0 bridgehead atoms. The van der Waals surface area contributed by atoms with E-state index in [4.69, 9.17) is 0 Å². The van der Waals surface area contributed by atoms with Crippen molar-refractivity contribution in [3.63, 3.8) is 0 Å². The lowest BCUT2D eigenvalue weighted by Crippen LogP contribution is -2.42. The summed E-state index contributed by atoms with van der Waals surface area (Å²) in [4.78, 5) is 0. The fourth-order valence-corrected chi connectivity index (χ4v) is 4.69. The molecule has 0 spiro atoms. The highest BCUT2D eigenvalue weighted by atomic mass is 14.5. The van der Waals surface area contributed by atoms with Gasteiger partial charge in [-0.25, -0.2) is 0 Å². The summed E-state index contributed by atoms with van der Waals surface area (Å²) in [6.07, 6.45) is 5.58. The third-order valence-corrected chi connectivity index (χ3v) is 6.42. The van der Waals surface area contributed by atoms with Gasteiger partial charge < -0.3 is 0 Å². The SMILES string of the molecule is CCC(C)C(CC)C(C)C(C)C1CC(C)C1CC. The first kappa shape index (κ1) is 16.1. The van der Waals surface area contributed by atoms with Crippen molar-refractivity contribution in [1.29, 1.82) is 0 Å². The average molecular weight is 252 g/mol. The summed E-state index contributed by atoms with van der Waals surface area (Å²) >= 11 is 0. The van der Waals surface area contributed by atoms with E-state index in [1.165, 1.54) is 25.7 Å². The van der Waals surface area contributed by atoms with E-state index in [0.717, 1.165) is 41.4 Å². The standard InChI is InChI=1S/C18H36/c1-8-12(4)16(9-2)14(6)15(7)18-11-13(5)17(18)10-3/h12-18H,8-11H2,1-7H3. The molecule has 0 N–H and O–H groups in total. The Morgan fingerprint density at radius 2 is 1.61 bits per heavy atom. The van der Waals surface area contributed by atoms with Gasteiger partial charge in [0.1, 0.15) is 0 Å². The van der Waals surface area contributed by atoms with Gasteiger partial charge in [-0.2, -0.15) is 0 Å². The maximum atomic E-state index is 2.54. The fraction of sp³-hybridized carbons (Fsp3) is 1.00. The van der Waals surface area contributed by atoms with E-state index in [9.17, 15) is 0 Å². The van der Waals surface area contributed by atoms with Crippen molar-refractivity contribution in [1.82, 2.24) is 0 Å². The van der Waals surface area contributed by atoms with E-state index >= 15 is 0 Å². The lowest BCUT2D eigenvalue weighted by atomic mass is 9.56. The van der Waals surface area contributed by atoms with Crippen LogP contribution in [0.15, 0.2) is 0 Å². The molecule has 0 radical (unpaired) electrons. The molecule has 7 atom stereocenters. The van der Waals surface area contributed by atoms with Crippen molar-refractivity contribution in [3.8, 4) is 0 Å². The van der Waals surface area contributed by atoms with Crippen LogP contribution in [-0.2, 0) is 0 Å². The van der Waals surface area contributed by atoms with Crippen molar-refractivity contribution >= 4 is 0 Å². The molecule has 1 aliphatic rings. The Hall–Kier alpha value is 0. The Kier molecular flexibility index (Phi) is 6.21. The molecule has 0 nitrogen and oxygen atoms in total. The summed E-state index contributed by atoms with van der Waals surface area (Å²) in [6.45, 7) is 17.1. The van der Waals surface area contributed by atoms with Crippen molar-refractivity contribution in [3.05, 3.63) is 0 Å². The van der Waals surface area contributed by atoms with Gasteiger partial charge in [0, 0.05) is 0 Å². The Morgan fingerprint density at radius 1 is 1.00 bits per heavy atom. The van der Waals surface area contributed by atoms with Crippen molar-refractivity contribution in [2.24, 2.45) is 41.4 Å². The Morgan fingerprint density at radius 3 is 2.00 bits per heavy atom. The van der Waals surface area contributed by atoms with Gasteiger partial charge in [0.2, 0.25) is 0 Å². The Bertz CT molecular complexity index is 232. The summed E-state index contributed by atoms with van der Waals surface area (Å²) in [5.74, 6) is 6.65. The third kappa shape index (κ3) is 3.11. The largest absolute Gasteiger partial charge is 0.0651 e. The van der Waals surface area contributed by atoms with Crippen LogP contribution < -0.4 is 0 Å². The van der Waals surface area contributed by atoms with Crippen LogP contribution in [0.25, 0.3) is 0 Å². The highest BCUT2D eigenvalue weighted by Crippen LogP contribution is 2.50. The second-order valence-corrected chi connectivity index (χ2v) is 7.12. The minimum absolute atomic E-state index is 0.894. The van der Waals surface area contributed by atoms with E-state index in [0.29, 0.717) is 0 Å². The van der Waals surface area contributed by atoms with Gasteiger partial charge in [-0.1, -0.05) is 67.7 Å². The second kappa shape index (κ2) is 6.96. The first-order valence-electron chi connectivity index (χ1n) is 8.47. The van der Waals surface area contributed by atoms with Gasteiger partial charge >= 0.3 is 0 Å². The lowest BCUT2D eigenvalue weighted by Gasteiger charge is -2.49. The summed E-state index contributed by atoms with van der Waals surface area (Å²) < 4.78 is 0. The molecule has 1 fully saturated rings. The monoisotopic (exact) mass is 252 g/mol. The smallest absolute Gasteiger partial charge is 0.0352 e. The molecule has 0 aliphatic heterocycles. The molecule has 0 aromatic carbocycles. The third-order valence-electron chi connectivity index (χ3n) is 6.42. The second-order valence-electron chi connectivity index (χ2n) is 7.12. The van der Waals surface area contributed by atoms with E-state index in [1.807, 2.05) is 0 Å². The van der Waals surface area contributed by atoms with E-state index < -0.39 is 0 Å². The number of hydrogen-bond acceptors (Lipinski definition) is 0. The molecule has 18 heavy (non-hydrogen) atoms. The molecule has 0 aromatic heterocycles. The summed E-state index contributed by atoms with van der Waals surface area (Å²) in [5.41, 5.74) is 0. The molecule has 0 amide bonds. The van der Waals surface area contributed by atoms with Gasteiger partial charge in [-0.05, 0) is 47.8 Å². The first-order chi connectivity index (χ1) is 8.47. The van der Waals surface area contributed by atoms with Crippen LogP contribution in [0.1, 0.15) is 74.1 Å². The lowest BCUT2D eigenvalue weighted by molar-refractivity contribution is -0.00184. The molecular formula is C18H36. The van der Waals surface area contributed by atoms with Crippen LogP contribution in [0.3, 0.4) is 0 Å². The van der Waals surface area contributed by atoms with Gasteiger partial charge in [0.25, 0.3) is 0 Å². The van der Waals surface area contributed by atoms with Crippen LogP contribution in [0.5, 0.6) is 0 Å². The van der Waals surface area contributed by atoms with Crippen LogP contribution in [0.4, 0.5) is 0 Å². The van der Waals surface area contributed by atoms with Gasteiger partial charge in [0.05, 0.1) is 0 Å². The summed E-state index contributed by atoms with van der Waals surface area (Å²) in [7, 11) is 0. The molecule has 1 aliphatic carbocycles. The summed E-state index contributed by atoms with van der Waals surface area (Å²) in [5, 5.41) is 0. The van der Waals surface area contributed by atoms with Crippen LogP contribution >= 0.6 is 0 Å². The normalized spacial score (nSPS) is 34.5. The highest BCUT2D eigenvalue weighted by molar-refractivity contribution is 4.91. The van der Waals surface area contributed by atoms with Gasteiger partial charge in [0.15, 0.2) is 0 Å². The number of rotatable bonds is 7. The van der Waals surface area contributed by atoms with Crippen LogP contribution in [0, 0.1) is 41.4 Å². The highest BCUT2D eigenvalue weighted by Gasteiger charge is 2.42. The Balaban J connectivity index is 2.62. The maximum Gasteiger partial charge on any atom is -0.0352 e. The predicted molar refractivity (Wildman–Crippen MR) is 82.6 cm³/mol. The maximum absolute atomic E-state index is 2.54. The van der Waals surface area contributed by atoms with Crippen molar-refractivity contribution in [2.75, 3.05) is 0 Å². The fourth-order valence-electron chi connectivity index (χ4n) is 4.69. The molecule has 1 rings (SSSR count). The first-order valence-corrected chi connectivity index (χ1v) is 8.47. The summed E-state index contributed by atoms with van der Waals surface area (Å²) in [6, 6.07) is 0. The zero-order chi connectivity index (χ0) is 13.9. The average Bonchev–Trinajstić information content (AvgIpc) is 2.35. The van der Waals surface area contributed by atoms with E-state index in [1.54, 1.807) is 0 Å². The molecule has 0 heterocycles. The van der Waals surface area contributed by atoms with Gasteiger partial charge in [-0.3, -0.25) is 0 Å². The molecule has 0 heteroatoms. The van der Waals surface area contributed by atoms with Crippen LogP contribution in [0.2, 0.25) is 0 Å². The minimum atomic E-state index is 0.894. The zero-order valence-corrected chi connectivity index (χ0v) is 13.9. The number of hydrogen-bond donors (Lipinski definition) is 0.